The van der Waals surface area contributed by atoms with Crippen molar-refractivity contribution in [1.29, 1.82) is 0 Å². The molecule has 0 bridgehead atoms. The molecule has 2 rings (SSSR count). The van der Waals surface area contributed by atoms with Crippen molar-refractivity contribution in [3.05, 3.63) is 23.8 Å². The molecular weight excluding hydrogens is 254 g/mol. The predicted octanol–water partition coefficient (Wildman–Crippen LogP) is 2.86. The number of carboxylic acids is 1. The second kappa shape index (κ2) is 4.59. The zero-order valence-electron chi connectivity index (χ0n) is 12.5. The van der Waals surface area contributed by atoms with Crippen molar-refractivity contribution in [3.8, 4) is 0 Å². The Balaban J connectivity index is 2.70. The maximum absolute atomic E-state index is 11.2. The van der Waals surface area contributed by atoms with Gasteiger partial charge in [0.1, 0.15) is 11.2 Å². The van der Waals surface area contributed by atoms with E-state index in [0.717, 1.165) is 24.3 Å². The zero-order valence-corrected chi connectivity index (χ0v) is 12.5. The van der Waals surface area contributed by atoms with Gasteiger partial charge in [-0.3, -0.25) is 0 Å². The van der Waals surface area contributed by atoms with Crippen LogP contribution in [0, 0.1) is 0 Å². The Morgan fingerprint density at radius 2 is 2.05 bits per heavy atom. The molecule has 0 spiro atoms. The Bertz CT molecular complexity index is 587. The summed E-state index contributed by atoms with van der Waals surface area (Å²) in [6, 6.07) is 5.03. The highest BCUT2D eigenvalue weighted by molar-refractivity contribution is 6.02. The molecule has 5 heteroatoms. The molecule has 1 unspecified atom stereocenters. The number of benzene rings is 1. The fourth-order valence-electron chi connectivity index (χ4n) is 3.00. The van der Waals surface area contributed by atoms with Gasteiger partial charge in [0.05, 0.1) is 12.1 Å². The molecule has 5 nitrogen and oxygen atoms in total. The summed E-state index contributed by atoms with van der Waals surface area (Å²) in [4.78, 5) is 15.7. The fraction of sp³-hybridized carbons (Fsp3) is 0.467. The fourth-order valence-corrected chi connectivity index (χ4v) is 3.00. The highest BCUT2D eigenvalue weighted by Gasteiger charge is 2.51. The maximum Gasteiger partial charge on any atom is 0.335 e. The minimum atomic E-state index is -0.929. The van der Waals surface area contributed by atoms with Gasteiger partial charge < -0.3 is 10.8 Å². The Kier molecular flexibility index (Phi) is 3.34. The van der Waals surface area contributed by atoms with Crippen molar-refractivity contribution in [2.24, 2.45) is 10.7 Å². The smallest absolute Gasteiger partial charge is 0.335 e. The summed E-state index contributed by atoms with van der Waals surface area (Å²) in [7, 11) is 0. The first-order valence-electron chi connectivity index (χ1n) is 6.85. The Labute approximate surface area is 119 Å². The first-order valence-corrected chi connectivity index (χ1v) is 6.85. The van der Waals surface area contributed by atoms with Gasteiger partial charge in [-0.25, -0.2) is 9.28 Å². The van der Waals surface area contributed by atoms with Crippen molar-refractivity contribution in [3.63, 3.8) is 0 Å². The number of nitrogens with zero attached hydrogens (tertiary/aromatic N) is 2. The first-order chi connectivity index (χ1) is 9.24. The van der Waals surface area contributed by atoms with Crippen LogP contribution in [0.2, 0.25) is 0 Å². The number of hydrogen-bond donors (Lipinski definition) is 2. The molecule has 108 valence electrons. The maximum atomic E-state index is 11.2. The predicted molar refractivity (Wildman–Crippen MR) is 81.4 cm³/mol. The van der Waals surface area contributed by atoms with Gasteiger partial charge >= 0.3 is 11.9 Å². The quantitative estimate of drug-likeness (QED) is 0.833. The topological polar surface area (TPSA) is 75.7 Å². The molecule has 0 saturated heterocycles. The van der Waals surface area contributed by atoms with Gasteiger partial charge in [-0.2, -0.15) is 4.99 Å². The third-order valence-corrected chi connectivity index (χ3v) is 3.96. The SMILES string of the molecule is CCC[N+]1(C(C)(C)C)C(N)=Nc2ccc(C(=O)O)cc21. The van der Waals surface area contributed by atoms with Crippen LogP contribution in [0.1, 0.15) is 44.5 Å². The second-order valence-electron chi connectivity index (χ2n) is 6.18. The molecule has 3 N–H and O–H groups in total. The molecule has 0 fully saturated rings. The van der Waals surface area contributed by atoms with E-state index >= 15 is 0 Å². The highest BCUT2D eigenvalue weighted by atomic mass is 16.4. The average molecular weight is 276 g/mol. The van der Waals surface area contributed by atoms with Crippen molar-refractivity contribution < 1.29 is 9.90 Å². The summed E-state index contributed by atoms with van der Waals surface area (Å²) in [5, 5.41) is 9.21. The normalized spacial score (nSPS) is 21.5. The lowest BCUT2D eigenvalue weighted by molar-refractivity contribution is 0.0696. The standard InChI is InChI=1S/C15H21N3O2/c1-5-8-18(15(2,3)4)12-9-10(13(19)20)6-7-11(12)17-14(18)16/h6-7,9H,5,8H2,1-4H3,(H2-,16,17,19,20)/p+1. The van der Waals surface area contributed by atoms with Crippen LogP contribution in [0.3, 0.4) is 0 Å². The molecule has 0 aromatic heterocycles. The lowest BCUT2D eigenvalue weighted by atomic mass is 9.98. The molecule has 0 radical (unpaired) electrons. The Morgan fingerprint density at radius 3 is 2.55 bits per heavy atom. The number of aliphatic imine (C=N–C) groups is 1. The average Bonchev–Trinajstić information content (AvgIpc) is 2.62. The van der Waals surface area contributed by atoms with E-state index in [1.807, 2.05) is 0 Å². The van der Waals surface area contributed by atoms with Gasteiger partial charge in [0.15, 0.2) is 5.69 Å². The van der Waals surface area contributed by atoms with Crippen LogP contribution in [-0.2, 0) is 0 Å². The second-order valence-corrected chi connectivity index (χ2v) is 6.18. The van der Waals surface area contributed by atoms with Crippen LogP contribution < -0.4 is 10.2 Å². The van der Waals surface area contributed by atoms with Crippen LogP contribution in [0.15, 0.2) is 23.2 Å². The largest absolute Gasteiger partial charge is 0.478 e. The summed E-state index contributed by atoms with van der Waals surface area (Å²) < 4.78 is 0.417. The monoisotopic (exact) mass is 276 g/mol. The number of aromatic carboxylic acids is 1. The molecular formula is C15H22N3O2+. The minimum absolute atomic E-state index is 0.189. The number of carbonyl (C=O) groups is 1. The van der Waals surface area contributed by atoms with Gasteiger partial charge in [-0.1, -0.05) is 6.92 Å². The summed E-state index contributed by atoms with van der Waals surface area (Å²) >= 11 is 0. The summed E-state index contributed by atoms with van der Waals surface area (Å²) in [6.07, 6.45) is 0.935. The van der Waals surface area contributed by atoms with Gasteiger partial charge in [0.25, 0.3) is 0 Å². The van der Waals surface area contributed by atoms with E-state index in [1.54, 1.807) is 18.2 Å². The van der Waals surface area contributed by atoms with E-state index in [-0.39, 0.29) is 11.1 Å². The molecule has 1 heterocycles. The summed E-state index contributed by atoms with van der Waals surface area (Å²) in [5.41, 5.74) is 7.98. The van der Waals surface area contributed by atoms with Gasteiger partial charge in [0.2, 0.25) is 0 Å². The van der Waals surface area contributed by atoms with E-state index in [0.29, 0.717) is 10.4 Å². The third kappa shape index (κ3) is 1.89. The molecule has 0 saturated carbocycles. The number of rotatable bonds is 3. The number of carboxylic acid groups (broad SMARTS) is 1. The van der Waals surface area contributed by atoms with Gasteiger partial charge in [0, 0.05) is 6.07 Å². The first kappa shape index (κ1) is 14.5. The van der Waals surface area contributed by atoms with Crippen LogP contribution in [0.5, 0.6) is 0 Å². The van der Waals surface area contributed by atoms with Crippen LogP contribution in [0.25, 0.3) is 0 Å². The molecule has 1 aromatic carbocycles. The Morgan fingerprint density at radius 1 is 1.40 bits per heavy atom. The van der Waals surface area contributed by atoms with E-state index in [2.05, 4.69) is 32.7 Å². The van der Waals surface area contributed by atoms with Crippen LogP contribution >= 0.6 is 0 Å². The number of nitrogens with two attached hydrogens (primary N) is 1. The lowest BCUT2D eigenvalue weighted by Gasteiger charge is -2.44. The van der Waals surface area contributed by atoms with E-state index < -0.39 is 5.97 Å². The summed E-state index contributed by atoms with van der Waals surface area (Å²) in [6.45, 7) is 9.21. The van der Waals surface area contributed by atoms with Crippen molar-refractivity contribution >= 4 is 23.3 Å². The van der Waals surface area contributed by atoms with E-state index in [9.17, 15) is 9.90 Å². The number of fused-ring (bicyclic) bond motifs is 1. The van der Waals surface area contributed by atoms with Crippen molar-refractivity contribution in [2.45, 2.75) is 39.7 Å². The minimum Gasteiger partial charge on any atom is -0.478 e. The molecule has 1 aliphatic rings. The third-order valence-electron chi connectivity index (χ3n) is 3.96. The Hall–Kier alpha value is -1.88. The van der Waals surface area contributed by atoms with Crippen LogP contribution in [0.4, 0.5) is 11.4 Å². The molecule has 1 atom stereocenters. The van der Waals surface area contributed by atoms with Crippen LogP contribution in [-0.4, -0.2) is 29.1 Å². The molecule has 0 aliphatic carbocycles. The lowest BCUT2D eigenvalue weighted by Crippen LogP contribution is -2.66. The highest BCUT2D eigenvalue weighted by Crippen LogP contribution is 2.45. The molecule has 1 aromatic rings. The summed E-state index contributed by atoms with van der Waals surface area (Å²) in [5.74, 6) is -0.390. The number of quaternary nitrogens is 1. The van der Waals surface area contributed by atoms with Gasteiger partial charge in [-0.15, -0.1) is 0 Å². The van der Waals surface area contributed by atoms with E-state index in [1.165, 1.54) is 0 Å². The van der Waals surface area contributed by atoms with E-state index in [4.69, 9.17) is 5.73 Å². The molecule has 20 heavy (non-hydrogen) atoms. The number of hydrogen-bond acceptors (Lipinski definition) is 3. The van der Waals surface area contributed by atoms with Gasteiger partial charge in [-0.05, 0) is 39.3 Å². The van der Waals surface area contributed by atoms with Crippen molar-refractivity contribution in [1.82, 2.24) is 4.48 Å². The van der Waals surface area contributed by atoms with Crippen molar-refractivity contribution in [2.75, 3.05) is 6.54 Å². The number of guanidine groups is 1. The molecule has 0 amide bonds. The zero-order chi connectivity index (χ0) is 15.1. The molecule has 1 aliphatic heterocycles.